The Morgan fingerprint density at radius 1 is 1.08 bits per heavy atom. The van der Waals surface area contributed by atoms with Crippen molar-refractivity contribution >= 4 is 21.6 Å². The number of sulfonamides is 1. The Morgan fingerprint density at radius 3 is 2.19 bits per heavy atom. The number of aryl methyl sites for hydroxylation is 1. The fourth-order valence-electron chi connectivity index (χ4n) is 2.26. The molecule has 140 valence electrons. The van der Waals surface area contributed by atoms with Gasteiger partial charge in [-0.25, -0.2) is 12.8 Å². The first kappa shape index (κ1) is 19.9. The molecular formula is C19H23FN2O3S. The summed E-state index contributed by atoms with van der Waals surface area (Å²) in [7, 11) is -4.01. The van der Waals surface area contributed by atoms with Crippen molar-refractivity contribution < 1.29 is 17.6 Å². The molecule has 5 nitrogen and oxygen atoms in total. The largest absolute Gasteiger partial charge is 0.354 e. The van der Waals surface area contributed by atoms with E-state index in [-0.39, 0.29) is 17.4 Å². The lowest BCUT2D eigenvalue weighted by atomic mass is 10.2. The summed E-state index contributed by atoms with van der Waals surface area (Å²) < 4.78 is 40.2. The van der Waals surface area contributed by atoms with E-state index in [0.29, 0.717) is 12.2 Å². The molecule has 0 aliphatic rings. The Bertz CT molecular complexity index is 847. The Balaban J connectivity index is 2.37. The summed E-state index contributed by atoms with van der Waals surface area (Å²) in [5, 5.41) is 2.72. The maximum atomic E-state index is 13.2. The molecule has 0 atom stereocenters. The Morgan fingerprint density at radius 2 is 1.65 bits per heavy atom. The maximum absolute atomic E-state index is 13.2. The van der Waals surface area contributed by atoms with Crippen molar-refractivity contribution in [2.24, 2.45) is 5.92 Å². The minimum Gasteiger partial charge on any atom is -0.354 e. The molecule has 26 heavy (non-hydrogen) atoms. The predicted octanol–water partition coefficient (Wildman–Crippen LogP) is 3.10. The fraction of sp³-hybridized carbons (Fsp3) is 0.316. The molecule has 2 aromatic carbocycles. The topological polar surface area (TPSA) is 66.5 Å². The number of benzene rings is 2. The van der Waals surface area contributed by atoms with E-state index in [9.17, 15) is 17.6 Å². The molecular weight excluding hydrogens is 355 g/mol. The fourth-order valence-corrected chi connectivity index (χ4v) is 3.69. The zero-order valence-electron chi connectivity index (χ0n) is 15.1. The van der Waals surface area contributed by atoms with Crippen LogP contribution in [-0.4, -0.2) is 27.4 Å². The van der Waals surface area contributed by atoms with Gasteiger partial charge in [0.15, 0.2) is 0 Å². The standard InChI is InChI=1S/C19H23FN2O3S/c1-14(2)12-21-19(23)13-22(17-8-4-15(3)5-9-17)26(24,25)18-10-6-16(20)7-11-18/h4-11,14H,12-13H2,1-3H3,(H,21,23). The van der Waals surface area contributed by atoms with Crippen LogP contribution in [0.1, 0.15) is 19.4 Å². The molecule has 0 saturated heterocycles. The number of carbonyl (C=O) groups is 1. The van der Waals surface area contributed by atoms with Gasteiger partial charge in [-0.2, -0.15) is 0 Å². The molecule has 0 unspecified atom stereocenters. The van der Waals surface area contributed by atoms with Crippen LogP contribution in [0, 0.1) is 18.7 Å². The number of hydrogen-bond acceptors (Lipinski definition) is 3. The summed E-state index contributed by atoms with van der Waals surface area (Å²) in [6, 6.07) is 11.4. The van der Waals surface area contributed by atoms with Crippen LogP contribution in [0.25, 0.3) is 0 Å². The molecule has 0 heterocycles. The quantitative estimate of drug-likeness (QED) is 0.805. The van der Waals surface area contributed by atoms with Gasteiger partial charge in [0.2, 0.25) is 5.91 Å². The van der Waals surface area contributed by atoms with Crippen LogP contribution in [0.4, 0.5) is 10.1 Å². The minimum atomic E-state index is -4.01. The molecule has 2 aromatic rings. The number of hydrogen-bond donors (Lipinski definition) is 1. The van der Waals surface area contributed by atoms with E-state index in [0.717, 1.165) is 22.0 Å². The number of anilines is 1. The summed E-state index contributed by atoms with van der Waals surface area (Å²) in [5.41, 5.74) is 1.34. The average Bonchev–Trinajstić information content (AvgIpc) is 2.59. The van der Waals surface area contributed by atoms with E-state index in [1.807, 2.05) is 20.8 Å². The number of carbonyl (C=O) groups excluding carboxylic acids is 1. The highest BCUT2D eigenvalue weighted by atomic mass is 32.2. The lowest BCUT2D eigenvalue weighted by Crippen LogP contribution is -2.41. The third-order valence-electron chi connectivity index (χ3n) is 3.72. The van der Waals surface area contributed by atoms with Crippen LogP contribution in [-0.2, 0) is 14.8 Å². The highest BCUT2D eigenvalue weighted by Gasteiger charge is 2.27. The van der Waals surface area contributed by atoms with Crippen LogP contribution in [0.2, 0.25) is 0 Å². The lowest BCUT2D eigenvalue weighted by molar-refractivity contribution is -0.119. The van der Waals surface area contributed by atoms with E-state index in [2.05, 4.69) is 5.32 Å². The normalized spacial score (nSPS) is 11.4. The number of nitrogens with one attached hydrogen (secondary N) is 1. The van der Waals surface area contributed by atoms with Crippen molar-refractivity contribution in [2.45, 2.75) is 25.7 Å². The Kier molecular flexibility index (Phi) is 6.37. The van der Waals surface area contributed by atoms with Gasteiger partial charge in [0.25, 0.3) is 10.0 Å². The molecule has 0 fully saturated rings. The third-order valence-corrected chi connectivity index (χ3v) is 5.51. The summed E-state index contributed by atoms with van der Waals surface area (Å²) in [5.74, 6) is -0.675. The van der Waals surface area contributed by atoms with Gasteiger partial charge in [0.05, 0.1) is 10.6 Å². The van der Waals surface area contributed by atoms with Gasteiger partial charge in [-0.3, -0.25) is 9.10 Å². The zero-order chi connectivity index (χ0) is 19.3. The number of rotatable bonds is 7. The van der Waals surface area contributed by atoms with Gasteiger partial charge in [-0.1, -0.05) is 31.5 Å². The van der Waals surface area contributed by atoms with Gasteiger partial charge >= 0.3 is 0 Å². The molecule has 2 rings (SSSR count). The summed E-state index contributed by atoms with van der Waals surface area (Å²) in [6.07, 6.45) is 0. The average molecular weight is 378 g/mol. The second kappa shape index (κ2) is 8.31. The predicted molar refractivity (Wildman–Crippen MR) is 100.0 cm³/mol. The van der Waals surface area contributed by atoms with E-state index >= 15 is 0 Å². The molecule has 1 amide bonds. The summed E-state index contributed by atoms with van der Waals surface area (Å²) in [4.78, 5) is 12.2. The van der Waals surface area contributed by atoms with Crippen LogP contribution < -0.4 is 9.62 Å². The molecule has 0 radical (unpaired) electrons. The molecule has 1 N–H and O–H groups in total. The SMILES string of the molecule is Cc1ccc(N(CC(=O)NCC(C)C)S(=O)(=O)c2ccc(F)cc2)cc1. The molecule has 0 aliphatic carbocycles. The number of amides is 1. The van der Waals surface area contributed by atoms with E-state index in [1.165, 1.54) is 12.1 Å². The first-order valence-electron chi connectivity index (χ1n) is 8.32. The maximum Gasteiger partial charge on any atom is 0.264 e. The summed E-state index contributed by atoms with van der Waals surface area (Å²) >= 11 is 0. The van der Waals surface area contributed by atoms with Gasteiger partial charge < -0.3 is 5.32 Å². The number of halogens is 1. The van der Waals surface area contributed by atoms with Crippen molar-refractivity contribution in [1.82, 2.24) is 5.32 Å². The highest BCUT2D eigenvalue weighted by Crippen LogP contribution is 2.24. The molecule has 7 heteroatoms. The summed E-state index contributed by atoms with van der Waals surface area (Å²) in [6.45, 7) is 5.89. The number of nitrogens with zero attached hydrogens (tertiary/aromatic N) is 1. The van der Waals surface area contributed by atoms with Gasteiger partial charge in [-0.15, -0.1) is 0 Å². The molecule has 0 saturated carbocycles. The second-order valence-corrected chi connectivity index (χ2v) is 8.36. The third kappa shape index (κ3) is 5.05. The van der Waals surface area contributed by atoms with Crippen molar-refractivity contribution in [3.05, 3.63) is 59.9 Å². The lowest BCUT2D eigenvalue weighted by Gasteiger charge is -2.24. The van der Waals surface area contributed by atoms with Crippen LogP contribution >= 0.6 is 0 Å². The molecule has 0 aromatic heterocycles. The van der Waals surface area contributed by atoms with Crippen molar-refractivity contribution in [3.8, 4) is 0 Å². The van der Waals surface area contributed by atoms with E-state index < -0.39 is 21.7 Å². The van der Waals surface area contributed by atoms with Crippen LogP contribution in [0.15, 0.2) is 53.4 Å². The second-order valence-electron chi connectivity index (χ2n) is 6.50. The van der Waals surface area contributed by atoms with Crippen molar-refractivity contribution in [2.75, 3.05) is 17.4 Å². The molecule has 0 spiro atoms. The molecule has 0 aliphatic heterocycles. The first-order chi connectivity index (χ1) is 12.2. The molecule has 0 bridgehead atoms. The van der Waals surface area contributed by atoms with E-state index in [4.69, 9.17) is 0 Å². The smallest absolute Gasteiger partial charge is 0.264 e. The van der Waals surface area contributed by atoms with Crippen LogP contribution in [0.3, 0.4) is 0 Å². The van der Waals surface area contributed by atoms with Crippen LogP contribution in [0.5, 0.6) is 0 Å². The van der Waals surface area contributed by atoms with Gasteiger partial charge in [0, 0.05) is 6.54 Å². The van der Waals surface area contributed by atoms with E-state index in [1.54, 1.807) is 24.3 Å². The van der Waals surface area contributed by atoms with Crippen molar-refractivity contribution in [3.63, 3.8) is 0 Å². The monoisotopic (exact) mass is 378 g/mol. The zero-order valence-corrected chi connectivity index (χ0v) is 15.9. The van der Waals surface area contributed by atoms with Gasteiger partial charge in [-0.05, 0) is 49.2 Å². The minimum absolute atomic E-state index is 0.0730. The first-order valence-corrected chi connectivity index (χ1v) is 9.76. The Labute approximate surface area is 153 Å². The Hall–Kier alpha value is -2.41. The van der Waals surface area contributed by atoms with Gasteiger partial charge in [0.1, 0.15) is 12.4 Å². The van der Waals surface area contributed by atoms with Crippen molar-refractivity contribution in [1.29, 1.82) is 0 Å². The highest BCUT2D eigenvalue weighted by molar-refractivity contribution is 7.92.